The maximum absolute atomic E-state index is 13.4. The molecule has 1 aromatic rings. The molecule has 1 amide bonds. The fourth-order valence-electron chi connectivity index (χ4n) is 4.98. The molecule has 4 rings (SSSR count). The predicted octanol–water partition coefficient (Wildman–Crippen LogP) is 0.163. The number of amides is 1. The Morgan fingerprint density at radius 2 is 1.54 bits per heavy atom. The van der Waals surface area contributed by atoms with Crippen molar-refractivity contribution in [1.82, 2.24) is 19.6 Å². The van der Waals surface area contributed by atoms with Crippen LogP contribution in [0.25, 0.3) is 0 Å². The van der Waals surface area contributed by atoms with Crippen molar-refractivity contribution in [3.8, 4) is 0 Å². The van der Waals surface area contributed by atoms with E-state index in [9.17, 15) is 9.90 Å². The summed E-state index contributed by atoms with van der Waals surface area (Å²) in [6.45, 7) is 14.0. The summed E-state index contributed by atoms with van der Waals surface area (Å²) in [7, 11) is 0. The van der Waals surface area contributed by atoms with Gasteiger partial charge in [0.15, 0.2) is 0 Å². The van der Waals surface area contributed by atoms with Gasteiger partial charge in [0, 0.05) is 77.6 Å². The number of nitrogens with zero attached hydrogens (tertiary/aromatic N) is 4. The van der Waals surface area contributed by atoms with E-state index in [0.29, 0.717) is 38.3 Å². The SMILES string of the molecule is Cc1ccc(C(=O)N(CCN2CCOCC2)CC2CN(CC(O)CN3CCOCC3)CCO2)cc1. The van der Waals surface area contributed by atoms with Gasteiger partial charge in [-0.2, -0.15) is 0 Å². The van der Waals surface area contributed by atoms with E-state index in [2.05, 4.69) is 14.7 Å². The van der Waals surface area contributed by atoms with Crippen LogP contribution in [-0.2, 0) is 14.2 Å². The number of aliphatic hydroxyl groups excluding tert-OH is 1. The molecule has 1 aromatic carbocycles. The van der Waals surface area contributed by atoms with Crippen LogP contribution in [0.4, 0.5) is 0 Å². The third kappa shape index (κ3) is 8.49. The second-order valence-corrected chi connectivity index (χ2v) is 9.89. The van der Waals surface area contributed by atoms with E-state index in [4.69, 9.17) is 14.2 Å². The number of rotatable bonds is 10. The van der Waals surface area contributed by atoms with Crippen LogP contribution in [-0.4, -0.2) is 148 Å². The highest BCUT2D eigenvalue weighted by molar-refractivity contribution is 5.94. The van der Waals surface area contributed by atoms with Crippen LogP contribution < -0.4 is 0 Å². The molecule has 3 fully saturated rings. The predicted molar refractivity (Wildman–Crippen MR) is 134 cm³/mol. The number of morpholine rings is 3. The molecule has 3 saturated heterocycles. The Balaban J connectivity index is 1.32. The van der Waals surface area contributed by atoms with Gasteiger partial charge >= 0.3 is 0 Å². The van der Waals surface area contributed by atoms with Gasteiger partial charge in [-0.25, -0.2) is 0 Å². The van der Waals surface area contributed by atoms with Crippen molar-refractivity contribution in [2.45, 2.75) is 19.1 Å². The number of hydrogen-bond donors (Lipinski definition) is 1. The maximum Gasteiger partial charge on any atom is 0.253 e. The molecule has 0 aromatic heterocycles. The van der Waals surface area contributed by atoms with Gasteiger partial charge in [0.2, 0.25) is 0 Å². The smallest absolute Gasteiger partial charge is 0.253 e. The molecule has 0 bridgehead atoms. The molecule has 3 aliphatic rings. The molecule has 9 nitrogen and oxygen atoms in total. The number of ether oxygens (including phenoxy) is 3. The van der Waals surface area contributed by atoms with Crippen molar-refractivity contribution >= 4 is 5.91 Å². The monoisotopic (exact) mass is 490 g/mol. The quantitative estimate of drug-likeness (QED) is 0.497. The molecule has 35 heavy (non-hydrogen) atoms. The Morgan fingerprint density at radius 1 is 0.943 bits per heavy atom. The third-order valence-electron chi connectivity index (χ3n) is 7.06. The Kier molecular flexibility index (Phi) is 10.3. The largest absolute Gasteiger partial charge is 0.390 e. The number of β-amino-alcohol motifs (C(OH)–C–C–N with tert-alkyl or cyclic N) is 1. The Morgan fingerprint density at radius 3 is 2.23 bits per heavy atom. The molecule has 3 aliphatic heterocycles. The fraction of sp³-hybridized carbons (Fsp3) is 0.731. The molecule has 0 radical (unpaired) electrons. The van der Waals surface area contributed by atoms with Gasteiger partial charge in [-0.3, -0.25) is 19.5 Å². The molecule has 3 heterocycles. The van der Waals surface area contributed by atoms with Gasteiger partial charge in [0.1, 0.15) is 0 Å². The standard InChI is InChI=1S/C26H42N4O5/c1-22-2-4-23(5-3-22)26(32)30(7-6-27-8-13-33-14-9-27)21-25-20-29(12-17-35-25)19-24(31)18-28-10-15-34-16-11-28/h2-5,24-25,31H,6-21H2,1H3. The average Bonchev–Trinajstić information content (AvgIpc) is 2.88. The van der Waals surface area contributed by atoms with Crippen LogP contribution in [0.1, 0.15) is 15.9 Å². The molecule has 9 heteroatoms. The summed E-state index contributed by atoms with van der Waals surface area (Å²) < 4.78 is 17.0. The normalized spacial score (nSPS) is 23.8. The van der Waals surface area contributed by atoms with E-state index < -0.39 is 6.10 Å². The van der Waals surface area contributed by atoms with Crippen molar-refractivity contribution in [1.29, 1.82) is 0 Å². The van der Waals surface area contributed by atoms with Crippen molar-refractivity contribution in [2.75, 3.05) is 105 Å². The molecule has 1 N–H and O–H groups in total. The van der Waals surface area contributed by atoms with Gasteiger partial charge in [-0.15, -0.1) is 0 Å². The van der Waals surface area contributed by atoms with Crippen LogP contribution in [0.15, 0.2) is 24.3 Å². The third-order valence-corrected chi connectivity index (χ3v) is 7.06. The summed E-state index contributed by atoms with van der Waals surface area (Å²) >= 11 is 0. The summed E-state index contributed by atoms with van der Waals surface area (Å²) in [5.74, 6) is 0.0475. The van der Waals surface area contributed by atoms with E-state index in [1.807, 2.05) is 36.1 Å². The van der Waals surface area contributed by atoms with Crippen LogP contribution in [0.2, 0.25) is 0 Å². The minimum atomic E-state index is -0.404. The highest BCUT2D eigenvalue weighted by atomic mass is 16.5. The lowest BCUT2D eigenvalue weighted by Gasteiger charge is -2.38. The summed E-state index contributed by atoms with van der Waals surface area (Å²) in [4.78, 5) is 22.3. The number of benzene rings is 1. The molecule has 0 aliphatic carbocycles. The first-order valence-corrected chi connectivity index (χ1v) is 13.0. The van der Waals surface area contributed by atoms with E-state index in [0.717, 1.165) is 77.8 Å². The van der Waals surface area contributed by atoms with Crippen molar-refractivity contribution in [3.05, 3.63) is 35.4 Å². The highest BCUT2D eigenvalue weighted by Gasteiger charge is 2.28. The van der Waals surface area contributed by atoms with Crippen LogP contribution in [0, 0.1) is 6.92 Å². The lowest BCUT2D eigenvalue weighted by molar-refractivity contribution is -0.0563. The van der Waals surface area contributed by atoms with Gasteiger partial charge < -0.3 is 24.2 Å². The van der Waals surface area contributed by atoms with E-state index in [1.54, 1.807) is 0 Å². The number of carbonyl (C=O) groups is 1. The summed E-state index contributed by atoms with van der Waals surface area (Å²) in [5.41, 5.74) is 1.86. The molecule has 196 valence electrons. The first-order chi connectivity index (χ1) is 17.1. The second-order valence-electron chi connectivity index (χ2n) is 9.89. The Bertz CT molecular complexity index is 768. The Hall–Kier alpha value is -1.59. The van der Waals surface area contributed by atoms with Gasteiger partial charge in [-0.1, -0.05) is 17.7 Å². The zero-order chi connectivity index (χ0) is 24.5. The molecular formula is C26H42N4O5. The number of carbonyl (C=O) groups excluding carboxylic acids is 1. The lowest BCUT2D eigenvalue weighted by Crippen LogP contribution is -2.52. The minimum absolute atomic E-state index is 0.0475. The van der Waals surface area contributed by atoms with Crippen molar-refractivity contribution < 1.29 is 24.1 Å². The first-order valence-electron chi connectivity index (χ1n) is 13.0. The molecule has 0 saturated carbocycles. The van der Waals surface area contributed by atoms with E-state index >= 15 is 0 Å². The topological polar surface area (TPSA) is 78.0 Å². The number of hydrogen-bond acceptors (Lipinski definition) is 8. The van der Waals surface area contributed by atoms with E-state index in [-0.39, 0.29) is 12.0 Å². The highest BCUT2D eigenvalue weighted by Crippen LogP contribution is 2.13. The van der Waals surface area contributed by atoms with Crippen LogP contribution in [0.3, 0.4) is 0 Å². The number of aliphatic hydroxyl groups is 1. The van der Waals surface area contributed by atoms with Gasteiger partial charge in [0.05, 0.1) is 45.2 Å². The number of aryl methyl sites for hydroxylation is 1. The minimum Gasteiger partial charge on any atom is -0.390 e. The zero-order valence-electron chi connectivity index (χ0n) is 21.1. The summed E-state index contributed by atoms with van der Waals surface area (Å²) in [5, 5.41) is 10.7. The van der Waals surface area contributed by atoms with Gasteiger partial charge in [0.25, 0.3) is 5.91 Å². The maximum atomic E-state index is 13.4. The second kappa shape index (κ2) is 13.6. The summed E-state index contributed by atoms with van der Waals surface area (Å²) in [6.07, 6.45) is -0.475. The van der Waals surface area contributed by atoms with Crippen LogP contribution in [0.5, 0.6) is 0 Å². The van der Waals surface area contributed by atoms with Crippen molar-refractivity contribution in [2.24, 2.45) is 0 Å². The van der Waals surface area contributed by atoms with E-state index in [1.165, 1.54) is 0 Å². The molecule has 0 spiro atoms. The summed E-state index contributed by atoms with van der Waals surface area (Å²) in [6, 6.07) is 7.80. The molecular weight excluding hydrogens is 448 g/mol. The van der Waals surface area contributed by atoms with Gasteiger partial charge in [-0.05, 0) is 19.1 Å². The first kappa shape index (κ1) is 26.5. The van der Waals surface area contributed by atoms with Crippen LogP contribution >= 0.6 is 0 Å². The molecule has 2 atom stereocenters. The average molecular weight is 491 g/mol. The van der Waals surface area contributed by atoms with Crippen molar-refractivity contribution in [3.63, 3.8) is 0 Å². The zero-order valence-corrected chi connectivity index (χ0v) is 21.1. The fourth-order valence-corrected chi connectivity index (χ4v) is 4.98. The molecule has 2 unspecified atom stereocenters. The lowest BCUT2D eigenvalue weighted by atomic mass is 10.1. The Labute approximate surface area is 209 Å².